The third kappa shape index (κ3) is 2.29. The molecule has 3 aromatic heterocycles. The monoisotopic (exact) mass is 243 g/mol. The molecule has 0 amide bonds. The van der Waals surface area contributed by atoms with Crippen molar-refractivity contribution in [3.8, 4) is 0 Å². The van der Waals surface area contributed by atoms with E-state index in [4.69, 9.17) is 0 Å². The smallest absolute Gasteiger partial charge is 0.243 e. The predicted octanol–water partition coefficient (Wildman–Crippen LogP) is 0.892. The normalized spacial score (nSPS) is 10.9. The van der Waals surface area contributed by atoms with Gasteiger partial charge >= 0.3 is 0 Å². The third-order valence-electron chi connectivity index (χ3n) is 2.58. The van der Waals surface area contributed by atoms with Crippen molar-refractivity contribution in [3.05, 3.63) is 36.5 Å². The fourth-order valence-corrected chi connectivity index (χ4v) is 1.71. The number of aromatic amines is 1. The SMILES string of the molecule is c1ccn2nc(NCCCc3ncn[nH]3)nc2c1. The lowest BCUT2D eigenvalue weighted by Crippen LogP contribution is -2.05. The van der Waals surface area contributed by atoms with Gasteiger partial charge in [0.05, 0.1) is 0 Å². The van der Waals surface area contributed by atoms with Crippen LogP contribution in [0.5, 0.6) is 0 Å². The van der Waals surface area contributed by atoms with Gasteiger partial charge in [0.25, 0.3) is 0 Å². The van der Waals surface area contributed by atoms with Gasteiger partial charge in [-0.25, -0.2) is 9.50 Å². The molecule has 0 saturated carbocycles. The number of fused-ring (bicyclic) bond motifs is 1. The second-order valence-corrected chi connectivity index (χ2v) is 3.90. The van der Waals surface area contributed by atoms with E-state index in [1.54, 1.807) is 4.52 Å². The molecule has 0 aliphatic rings. The first-order chi connectivity index (χ1) is 8.92. The molecule has 0 fully saturated rings. The van der Waals surface area contributed by atoms with Crippen LogP contribution in [0.25, 0.3) is 5.65 Å². The number of nitrogens with one attached hydrogen (secondary N) is 2. The molecule has 0 aromatic carbocycles. The van der Waals surface area contributed by atoms with Crippen molar-refractivity contribution in [3.63, 3.8) is 0 Å². The Morgan fingerprint density at radius 1 is 1.33 bits per heavy atom. The highest BCUT2D eigenvalue weighted by Crippen LogP contribution is 2.04. The van der Waals surface area contributed by atoms with Gasteiger partial charge in [-0.1, -0.05) is 6.07 Å². The molecule has 3 rings (SSSR count). The van der Waals surface area contributed by atoms with Gasteiger partial charge in [-0.15, -0.1) is 5.10 Å². The fourth-order valence-electron chi connectivity index (χ4n) is 1.71. The van der Waals surface area contributed by atoms with Gasteiger partial charge < -0.3 is 5.32 Å². The van der Waals surface area contributed by atoms with Crippen LogP contribution in [0.4, 0.5) is 5.95 Å². The molecule has 0 saturated heterocycles. The predicted molar refractivity (Wildman–Crippen MR) is 66.2 cm³/mol. The lowest BCUT2D eigenvalue weighted by atomic mass is 10.3. The minimum Gasteiger partial charge on any atom is -0.353 e. The molecule has 0 bridgehead atoms. The number of rotatable bonds is 5. The van der Waals surface area contributed by atoms with Crippen molar-refractivity contribution in [2.45, 2.75) is 12.8 Å². The highest BCUT2D eigenvalue weighted by atomic mass is 15.3. The van der Waals surface area contributed by atoms with Crippen molar-refractivity contribution >= 4 is 11.6 Å². The number of anilines is 1. The van der Waals surface area contributed by atoms with Crippen LogP contribution in [0.15, 0.2) is 30.7 Å². The molecule has 0 aliphatic carbocycles. The molecule has 3 aromatic rings. The average molecular weight is 243 g/mol. The molecule has 0 atom stereocenters. The van der Waals surface area contributed by atoms with Gasteiger partial charge in [-0.05, 0) is 18.6 Å². The Morgan fingerprint density at radius 2 is 2.33 bits per heavy atom. The highest BCUT2D eigenvalue weighted by molar-refractivity contribution is 5.42. The summed E-state index contributed by atoms with van der Waals surface area (Å²) in [5.41, 5.74) is 0.843. The van der Waals surface area contributed by atoms with E-state index in [0.29, 0.717) is 5.95 Å². The van der Waals surface area contributed by atoms with Gasteiger partial charge in [0.1, 0.15) is 12.2 Å². The van der Waals surface area contributed by atoms with Crippen LogP contribution in [-0.2, 0) is 6.42 Å². The van der Waals surface area contributed by atoms with Gasteiger partial charge in [-0.2, -0.15) is 10.1 Å². The fraction of sp³-hybridized carbons (Fsp3) is 0.273. The molecular formula is C11H13N7. The van der Waals surface area contributed by atoms with E-state index < -0.39 is 0 Å². The zero-order valence-electron chi connectivity index (χ0n) is 9.74. The summed E-state index contributed by atoms with van der Waals surface area (Å²) in [6, 6.07) is 5.79. The summed E-state index contributed by atoms with van der Waals surface area (Å²) in [6.45, 7) is 0.803. The van der Waals surface area contributed by atoms with Crippen LogP contribution in [-0.4, -0.2) is 36.3 Å². The van der Waals surface area contributed by atoms with Gasteiger partial charge in [0.15, 0.2) is 5.65 Å². The van der Waals surface area contributed by atoms with E-state index in [0.717, 1.165) is 30.9 Å². The quantitative estimate of drug-likeness (QED) is 0.650. The zero-order chi connectivity index (χ0) is 12.2. The molecule has 7 heteroatoms. The van der Waals surface area contributed by atoms with Gasteiger partial charge in [0, 0.05) is 19.2 Å². The summed E-state index contributed by atoms with van der Waals surface area (Å²) in [7, 11) is 0. The molecule has 7 nitrogen and oxygen atoms in total. The Kier molecular flexibility index (Phi) is 2.87. The topological polar surface area (TPSA) is 83.8 Å². The summed E-state index contributed by atoms with van der Waals surface area (Å²) >= 11 is 0. The van der Waals surface area contributed by atoms with Gasteiger partial charge in [-0.3, -0.25) is 5.10 Å². The van der Waals surface area contributed by atoms with E-state index in [1.807, 2.05) is 24.4 Å². The number of H-pyrrole nitrogens is 1. The molecule has 0 spiro atoms. The molecule has 18 heavy (non-hydrogen) atoms. The Morgan fingerprint density at radius 3 is 3.17 bits per heavy atom. The summed E-state index contributed by atoms with van der Waals surface area (Å²) in [5.74, 6) is 1.55. The molecule has 2 N–H and O–H groups in total. The molecule has 3 heterocycles. The van der Waals surface area contributed by atoms with E-state index >= 15 is 0 Å². The summed E-state index contributed by atoms with van der Waals surface area (Å²) in [6.07, 6.45) is 5.21. The maximum atomic E-state index is 4.35. The second kappa shape index (κ2) is 4.82. The first-order valence-electron chi connectivity index (χ1n) is 5.81. The largest absolute Gasteiger partial charge is 0.353 e. The lowest BCUT2D eigenvalue weighted by molar-refractivity contribution is 0.799. The van der Waals surface area contributed by atoms with Crippen LogP contribution in [0.2, 0.25) is 0 Å². The number of pyridine rings is 1. The van der Waals surface area contributed by atoms with E-state index in [1.165, 1.54) is 6.33 Å². The Bertz CT molecular complexity index is 580. The number of hydrogen-bond donors (Lipinski definition) is 2. The van der Waals surface area contributed by atoms with Crippen molar-refractivity contribution < 1.29 is 0 Å². The number of aryl methyl sites for hydroxylation is 1. The number of aromatic nitrogens is 6. The number of nitrogens with zero attached hydrogens (tertiary/aromatic N) is 5. The van der Waals surface area contributed by atoms with Crippen molar-refractivity contribution in [2.75, 3.05) is 11.9 Å². The minimum absolute atomic E-state index is 0.652. The molecule has 0 aliphatic heterocycles. The van der Waals surface area contributed by atoms with Crippen LogP contribution < -0.4 is 5.32 Å². The summed E-state index contributed by atoms with van der Waals surface area (Å²) in [4.78, 5) is 8.42. The Labute approximate surface area is 103 Å². The van der Waals surface area contributed by atoms with Crippen LogP contribution >= 0.6 is 0 Å². The van der Waals surface area contributed by atoms with Crippen molar-refractivity contribution in [1.29, 1.82) is 0 Å². The molecule has 0 unspecified atom stereocenters. The first kappa shape index (κ1) is 10.7. The first-order valence-corrected chi connectivity index (χ1v) is 5.81. The zero-order valence-corrected chi connectivity index (χ0v) is 9.74. The van der Waals surface area contributed by atoms with Crippen LogP contribution in [0.3, 0.4) is 0 Å². The van der Waals surface area contributed by atoms with Crippen molar-refractivity contribution in [1.82, 2.24) is 29.8 Å². The highest BCUT2D eigenvalue weighted by Gasteiger charge is 2.01. The van der Waals surface area contributed by atoms with E-state index in [9.17, 15) is 0 Å². The summed E-state index contributed by atoms with van der Waals surface area (Å²) in [5, 5.41) is 14.1. The summed E-state index contributed by atoms with van der Waals surface area (Å²) < 4.78 is 1.75. The second-order valence-electron chi connectivity index (χ2n) is 3.90. The average Bonchev–Trinajstić information content (AvgIpc) is 3.03. The molecular weight excluding hydrogens is 230 g/mol. The van der Waals surface area contributed by atoms with Crippen LogP contribution in [0, 0.1) is 0 Å². The number of hydrogen-bond acceptors (Lipinski definition) is 5. The third-order valence-corrected chi connectivity index (χ3v) is 2.58. The Balaban J connectivity index is 1.53. The lowest BCUT2D eigenvalue weighted by Gasteiger charge is -1.99. The van der Waals surface area contributed by atoms with Crippen LogP contribution in [0.1, 0.15) is 12.2 Å². The molecule has 0 radical (unpaired) electrons. The maximum Gasteiger partial charge on any atom is 0.243 e. The Hall–Kier alpha value is -2.44. The van der Waals surface area contributed by atoms with E-state index in [-0.39, 0.29) is 0 Å². The maximum absolute atomic E-state index is 4.35. The van der Waals surface area contributed by atoms with Crippen molar-refractivity contribution in [2.24, 2.45) is 0 Å². The molecule has 92 valence electrons. The standard InChI is InChI=1S/C11H13N7/c1-2-7-18-10(5-1)15-11(17-18)12-6-3-4-9-13-8-14-16-9/h1-2,5,7-8H,3-4,6H2,(H,12,17)(H,13,14,16). The van der Waals surface area contributed by atoms with E-state index in [2.05, 4.69) is 30.6 Å². The van der Waals surface area contributed by atoms with Gasteiger partial charge in [0.2, 0.25) is 5.95 Å². The minimum atomic E-state index is 0.652.